The minimum Gasteiger partial charge on any atom is -0.494 e. The van der Waals surface area contributed by atoms with E-state index in [4.69, 9.17) is 56.1 Å². The predicted molar refractivity (Wildman–Crippen MR) is 357 cm³/mol. The minimum absolute atomic E-state index is 0.657. The summed E-state index contributed by atoms with van der Waals surface area (Å²) in [6.45, 7) is 17.8. The average Bonchev–Trinajstić information content (AvgIpc) is 3.06. The van der Waals surface area contributed by atoms with Crippen molar-refractivity contribution in [3.63, 3.8) is 0 Å². The maximum Gasteiger partial charge on any atom is 0.119 e. The molecule has 0 spiro atoms. The number of hydrogen-bond donors (Lipinski definition) is 0. The summed E-state index contributed by atoms with van der Waals surface area (Å²) in [7, 11) is 0. The van der Waals surface area contributed by atoms with E-state index < -0.39 is 0 Å². The Morgan fingerprint density at radius 2 is 0.571 bits per heavy atom. The second-order valence-corrected chi connectivity index (χ2v) is 13.6. The third kappa shape index (κ3) is 60.8. The van der Waals surface area contributed by atoms with E-state index in [0.29, 0.717) is 5.92 Å². The number of ether oxygens (including phenoxy) is 1. The fraction of sp³-hybridized carbons (Fsp3) is 0.157. The molecule has 0 aromatic heterocycles. The van der Waals surface area contributed by atoms with Gasteiger partial charge in [0.05, 0.1) is 6.61 Å². The lowest BCUT2D eigenvalue weighted by atomic mass is 9.88. The topological polar surface area (TPSA) is 9.23 Å². The largest absolute Gasteiger partial charge is 0.494 e. The molecule has 0 fully saturated rings. The van der Waals surface area contributed by atoms with E-state index >= 15 is 0 Å². The molecule has 0 N–H and O–H groups in total. The first kappa shape index (κ1) is 79.1. The summed E-state index contributed by atoms with van der Waals surface area (Å²) in [5.74, 6) is 102. The van der Waals surface area contributed by atoms with Crippen LogP contribution in [0.5, 0.6) is 5.75 Å². The first-order chi connectivity index (χ1) is 41.1. The van der Waals surface area contributed by atoms with Crippen molar-refractivity contribution in [3.8, 4) is 306 Å². The SMILES string of the molecule is C#CC#CC.C#CC#CC#C.C#CC#CC#CC.C#CC#CC#CC#CC.C#CC#CC#CC#CC#C.C#CC#CC#CC#CC#CC.CC#CC#CC#CC.CC/C(=C(\c1ccccc1)c1ccc(OCCC(C)C)cc1)c1ccccc1. The van der Waals surface area contributed by atoms with Crippen LogP contribution in [0.4, 0.5) is 0 Å². The van der Waals surface area contributed by atoms with Crippen LogP contribution in [0.1, 0.15) is 91.8 Å². The maximum absolute atomic E-state index is 5.91. The molecular weight excluding hydrogens is 1010 g/mol. The van der Waals surface area contributed by atoms with E-state index in [1.165, 1.54) is 27.8 Å². The monoisotopic (exact) mass is 1070 g/mol. The van der Waals surface area contributed by atoms with E-state index in [-0.39, 0.29) is 0 Å². The molecular formula is C83H56O. The van der Waals surface area contributed by atoms with Crippen LogP contribution in [0.2, 0.25) is 0 Å². The summed E-state index contributed by atoms with van der Waals surface area (Å²) >= 11 is 0. The van der Waals surface area contributed by atoms with Crippen molar-refractivity contribution in [1.29, 1.82) is 0 Å². The van der Waals surface area contributed by atoms with Gasteiger partial charge in [-0.15, -0.1) is 51.4 Å². The third-order valence-electron chi connectivity index (χ3n) is 7.59. The summed E-state index contributed by atoms with van der Waals surface area (Å²) in [6, 6.07) is 29.9. The van der Waals surface area contributed by atoms with Crippen molar-refractivity contribution >= 4 is 11.1 Å². The second-order valence-electron chi connectivity index (χ2n) is 13.6. The van der Waals surface area contributed by atoms with Crippen LogP contribution in [0, 0.1) is 306 Å². The summed E-state index contributed by atoms with van der Waals surface area (Å²) in [6.07, 6.45) is 40.2. The minimum atomic E-state index is 0.657. The predicted octanol–water partition coefficient (Wildman–Crippen LogP) is 11.6. The Labute approximate surface area is 508 Å². The van der Waals surface area contributed by atoms with Crippen molar-refractivity contribution < 1.29 is 4.74 Å². The van der Waals surface area contributed by atoms with Gasteiger partial charge in [-0.2, -0.15) is 0 Å². The fourth-order valence-corrected chi connectivity index (χ4v) is 4.52. The summed E-state index contributed by atoms with van der Waals surface area (Å²) in [5, 5.41) is 0. The van der Waals surface area contributed by atoms with Gasteiger partial charge in [-0.25, -0.2) is 0 Å². The molecule has 3 rings (SSSR count). The molecule has 394 valence electrons. The van der Waals surface area contributed by atoms with E-state index in [1.54, 1.807) is 41.5 Å². The van der Waals surface area contributed by atoms with E-state index in [9.17, 15) is 0 Å². The van der Waals surface area contributed by atoms with Crippen molar-refractivity contribution in [3.05, 3.63) is 102 Å². The summed E-state index contributed by atoms with van der Waals surface area (Å²) in [5.41, 5.74) is 6.41. The Bertz CT molecular complexity index is 4030. The molecule has 0 saturated carbocycles. The van der Waals surface area contributed by atoms with E-state index in [0.717, 1.165) is 25.2 Å². The molecule has 0 radical (unpaired) electrons. The van der Waals surface area contributed by atoms with Crippen molar-refractivity contribution in [2.45, 2.75) is 75.2 Å². The lowest BCUT2D eigenvalue weighted by molar-refractivity contribution is 0.289. The van der Waals surface area contributed by atoms with Gasteiger partial charge in [-0.3, -0.25) is 0 Å². The van der Waals surface area contributed by atoms with Crippen LogP contribution in [0.3, 0.4) is 0 Å². The Morgan fingerprint density at radius 3 is 0.833 bits per heavy atom. The zero-order valence-corrected chi connectivity index (χ0v) is 48.8. The highest BCUT2D eigenvalue weighted by Crippen LogP contribution is 2.35. The maximum atomic E-state index is 5.91. The van der Waals surface area contributed by atoms with Crippen LogP contribution in [0.25, 0.3) is 11.1 Å². The zero-order valence-electron chi connectivity index (χ0n) is 48.8. The molecule has 1 heteroatoms. The van der Waals surface area contributed by atoms with Gasteiger partial charge in [-0.05, 0) is 313 Å². The molecule has 0 aliphatic carbocycles. The Kier molecular flexibility index (Phi) is 67.1. The van der Waals surface area contributed by atoms with Gasteiger partial charge in [0.25, 0.3) is 0 Å². The van der Waals surface area contributed by atoms with E-state index in [2.05, 4.69) is 354 Å². The van der Waals surface area contributed by atoms with Crippen LogP contribution in [-0.2, 0) is 0 Å². The molecule has 0 unspecified atom stereocenters. The second kappa shape index (κ2) is 71.3. The number of terminal acetylenes is 8. The Hall–Kier alpha value is -13.8. The van der Waals surface area contributed by atoms with Gasteiger partial charge in [0.1, 0.15) is 5.75 Å². The highest BCUT2D eigenvalue weighted by atomic mass is 16.5. The van der Waals surface area contributed by atoms with Gasteiger partial charge in [-0.1, -0.05) is 129 Å². The first-order valence-electron chi connectivity index (χ1n) is 24.3. The van der Waals surface area contributed by atoms with Gasteiger partial charge >= 0.3 is 0 Å². The first-order valence-corrected chi connectivity index (χ1v) is 24.3. The molecule has 0 aliphatic heterocycles. The standard InChI is InChI=1S/C27H30O.C11H4.C10H2.C9H4.C8H6.C7H4.C6H2.C5H4/c1-4-26(22-11-7-5-8-12-22)27(23-13-9-6-10-14-23)24-15-17-25(18-16-24)28-20-19-21(2)3;1-3-5-7-9-11-10-8-6-4-2;1-3-5-7-9-10-8-6-4-2;1-3-5-7-9-8-6-4-2;1-3-5-7-8-6-4-2;1-3-5-7-6-4-2;1-3-5-6-4-2;1-3-5-4-2/h5-18,21H,4,19-20H2,1-3H3;1H,2H3;1-2H;1H,2H3;1-2H3;1H,2H3;1-2H;1H,2H3/b27-26-;;;;;;;. The molecule has 0 saturated heterocycles. The molecule has 3 aromatic rings. The summed E-state index contributed by atoms with van der Waals surface area (Å²) < 4.78 is 5.91. The highest BCUT2D eigenvalue weighted by molar-refractivity contribution is 5.98. The molecule has 1 nitrogen and oxygen atoms in total. The van der Waals surface area contributed by atoms with Gasteiger partial charge < -0.3 is 4.74 Å². The molecule has 3 aromatic carbocycles. The molecule has 0 atom stereocenters. The number of benzene rings is 3. The smallest absolute Gasteiger partial charge is 0.119 e. The van der Waals surface area contributed by atoms with Crippen LogP contribution >= 0.6 is 0 Å². The van der Waals surface area contributed by atoms with E-state index in [1.807, 2.05) is 0 Å². The third-order valence-corrected chi connectivity index (χ3v) is 7.59. The fourth-order valence-electron chi connectivity index (χ4n) is 4.52. The number of rotatable bonds is 8. The van der Waals surface area contributed by atoms with Crippen molar-refractivity contribution in [1.82, 2.24) is 0 Å². The highest BCUT2D eigenvalue weighted by Gasteiger charge is 2.13. The quantitative estimate of drug-likeness (QED) is 0.161. The lowest BCUT2D eigenvalue weighted by Crippen LogP contribution is -2.01. The normalized spacial score (nSPS) is 6.31. The van der Waals surface area contributed by atoms with Gasteiger partial charge in [0.2, 0.25) is 0 Å². The number of hydrogen-bond acceptors (Lipinski definition) is 1. The molecule has 0 heterocycles. The molecule has 84 heavy (non-hydrogen) atoms. The Balaban J connectivity index is -0.000000312. The van der Waals surface area contributed by atoms with Crippen LogP contribution < -0.4 is 4.74 Å². The zero-order chi connectivity index (χ0) is 63.5. The Morgan fingerprint density at radius 1 is 0.321 bits per heavy atom. The van der Waals surface area contributed by atoms with Gasteiger partial charge in [0.15, 0.2) is 0 Å². The molecule has 0 amide bonds. The molecule has 0 bridgehead atoms. The summed E-state index contributed by atoms with van der Waals surface area (Å²) in [4.78, 5) is 0. The van der Waals surface area contributed by atoms with Crippen LogP contribution in [-0.4, -0.2) is 6.61 Å². The lowest BCUT2D eigenvalue weighted by Gasteiger charge is -2.17. The van der Waals surface area contributed by atoms with Gasteiger partial charge in [0, 0.05) is 0 Å². The van der Waals surface area contributed by atoms with Crippen molar-refractivity contribution in [2.75, 3.05) is 6.61 Å². The number of allylic oxidation sites excluding steroid dienone is 1. The average molecular weight is 1070 g/mol. The van der Waals surface area contributed by atoms with Crippen molar-refractivity contribution in [2.24, 2.45) is 5.92 Å². The van der Waals surface area contributed by atoms with Crippen LogP contribution in [0.15, 0.2) is 84.9 Å². The molecule has 0 aliphatic rings.